The number of carbonyl (C=O) groups is 3. The van der Waals surface area contributed by atoms with E-state index in [9.17, 15) is 14.4 Å². The van der Waals surface area contributed by atoms with Gasteiger partial charge in [-0.3, -0.25) is 9.59 Å². The van der Waals surface area contributed by atoms with Gasteiger partial charge in [0, 0.05) is 19.0 Å². The number of hydrogen-bond donors (Lipinski definition) is 3. The SMILES string of the molecule is COC(=O)N[C@H](C(=O)N[C@H]1CCCC[C@@H]1NC(C)=O)C(C)C. The molecule has 0 heterocycles. The summed E-state index contributed by atoms with van der Waals surface area (Å²) < 4.78 is 4.56. The second kappa shape index (κ2) is 8.60. The van der Waals surface area contributed by atoms with Crippen molar-refractivity contribution in [2.75, 3.05) is 7.11 Å². The van der Waals surface area contributed by atoms with Crippen LogP contribution in [0.3, 0.4) is 0 Å². The molecule has 0 spiro atoms. The highest BCUT2D eigenvalue weighted by Crippen LogP contribution is 2.19. The molecule has 1 aliphatic rings. The Morgan fingerprint density at radius 3 is 2.05 bits per heavy atom. The van der Waals surface area contributed by atoms with Gasteiger partial charge in [0.25, 0.3) is 0 Å². The largest absolute Gasteiger partial charge is 0.453 e. The molecule has 0 saturated heterocycles. The lowest BCUT2D eigenvalue weighted by atomic mass is 9.89. The Hall–Kier alpha value is -1.79. The van der Waals surface area contributed by atoms with Crippen LogP contribution in [0.4, 0.5) is 4.79 Å². The van der Waals surface area contributed by atoms with Crippen LogP contribution in [-0.4, -0.2) is 43.1 Å². The molecule has 7 nitrogen and oxygen atoms in total. The Bertz CT molecular complexity index is 412. The molecule has 1 aliphatic carbocycles. The number of ether oxygens (including phenoxy) is 1. The molecule has 3 amide bonds. The van der Waals surface area contributed by atoms with Gasteiger partial charge >= 0.3 is 6.09 Å². The maximum absolute atomic E-state index is 12.4. The lowest BCUT2D eigenvalue weighted by Crippen LogP contribution is -2.58. The van der Waals surface area contributed by atoms with Crippen LogP contribution in [-0.2, 0) is 14.3 Å². The van der Waals surface area contributed by atoms with Crippen molar-refractivity contribution in [3.63, 3.8) is 0 Å². The highest BCUT2D eigenvalue weighted by atomic mass is 16.5. The Balaban J connectivity index is 2.69. The molecule has 0 bridgehead atoms. The summed E-state index contributed by atoms with van der Waals surface area (Å²) >= 11 is 0. The van der Waals surface area contributed by atoms with Crippen LogP contribution in [0.15, 0.2) is 0 Å². The molecule has 3 N–H and O–H groups in total. The van der Waals surface area contributed by atoms with Gasteiger partial charge in [0.15, 0.2) is 0 Å². The van der Waals surface area contributed by atoms with Gasteiger partial charge < -0.3 is 20.7 Å². The summed E-state index contributed by atoms with van der Waals surface area (Å²) in [5, 5.41) is 8.40. The van der Waals surface area contributed by atoms with Gasteiger partial charge in [0.05, 0.1) is 7.11 Å². The maximum Gasteiger partial charge on any atom is 0.407 e. The fourth-order valence-electron chi connectivity index (χ4n) is 2.73. The first-order valence-corrected chi connectivity index (χ1v) is 7.77. The zero-order valence-electron chi connectivity index (χ0n) is 13.8. The third kappa shape index (κ3) is 5.54. The van der Waals surface area contributed by atoms with Crippen LogP contribution >= 0.6 is 0 Å². The molecule has 0 aromatic heterocycles. The first-order valence-electron chi connectivity index (χ1n) is 7.77. The average molecular weight is 313 g/mol. The van der Waals surface area contributed by atoms with E-state index in [4.69, 9.17) is 0 Å². The second-order valence-electron chi connectivity index (χ2n) is 6.06. The van der Waals surface area contributed by atoms with Crippen LogP contribution in [0.25, 0.3) is 0 Å². The van der Waals surface area contributed by atoms with Gasteiger partial charge in [-0.25, -0.2) is 4.79 Å². The van der Waals surface area contributed by atoms with Crippen molar-refractivity contribution >= 4 is 17.9 Å². The van der Waals surface area contributed by atoms with Gasteiger partial charge in [-0.2, -0.15) is 0 Å². The third-order valence-electron chi connectivity index (χ3n) is 3.89. The zero-order chi connectivity index (χ0) is 16.7. The summed E-state index contributed by atoms with van der Waals surface area (Å²) in [5.41, 5.74) is 0. The monoisotopic (exact) mass is 313 g/mol. The highest BCUT2D eigenvalue weighted by molar-refractivity contribution is 5.86. The van der Waals surface area contributed by atoms with E-state index in [0.717, 1.165) is 25.7 Å². The quantitative estimate of drug-likeness (QED) is 0.703. The molecule has 0 radical (unpaired) electrons. The third-order valence-corrected chi connectivity index (χ3v) is 3.89. The lowest BCUT2D eigenvalue weighted by molar-refractivity contribution is -0.126. The highest BCUT2D eigenvalue weighted by Gasteiger charge is 2.31. The topological polar surface area (TPSA) is 96.5 Å². The molecule has 0 unspecified atom stereocenters. The number of carbonyl (C=O) groups excluding carboxylic acids is 3. The van der Waals surface area contributed by atoms with Crippen molar-refractivity contribution in [2.24, 2.45) is 5.92 Å². The molecule has 0 aromatic carbocycles. The smallest absolute Gasteiger partial charge is 0.407 e. The molecular weight excluding hydrogens is 286 g/mol. The number of alkyl carbamates (subject to hydrolysis) is 1. The minimum absolute atomic E-state index is 0.0545. The lowest BCUT2D eigenvalue weighted by Gasteiger charge is -2.34. The van der Waals surface area contributed by atoms with E-state index in [1.165, 1.54) is 14.0 Å². The number of rotatable bonds is 5. The maximum atomic E-state index is 12.4. The first-order chi connectivity index (χ1) is 10.3. The van der Waals surface area contributed by atoms with Gasteiger partial charge in [-0.05, 0) is 18.8 Å². The minimum atomic E-state index is -0.660. The molecule has 126 valence electrons. The van der Waals surface area contributed by atoms with Crippen molar-refractivity contribution in [3.8, 4) is 0 Å². The average Bonchev–Trinajstić information content (AvgIpc) is 2.45. The number of hydrogen-bond acceptors (Lipinski definition) is 4. The molecule has 22 heavy (non-hydrogen) atoms. The van der Waals surface area contributed by atoms with Gasteiger partial charge in [0.1, 0.15) is 6.04 Å². The normalized spacial score (nSPS) is 22.6. The number of methoxy groups -OCH3 is 1. The van der Waals surface area contributed by atoms with Crippen LogP contribution in [0.2, 0.25) is 0 Å². The van der Waals surface area contributed by atoms with Gasteiger partial charge in [0.2, 0.25) is 11.8 Å². The van der Waals surface area contributed by atoms with E-state index >= 15 is 0 Å². The van der Waals surface area contributed by atoms with Crippen molar-refractivity contribution in [1.82, 2.24) is 16.0 Å². The number of amides is 3. The minimum Gasteiger partial charge on any atom is -0.453 e. The summed E-state index contributed by atoms with van der Waals surface area (Å²) in [4.78, 5) is 35.1. The van der Waals surface area contributed by atoms with Crippen LogP contribution < -0.4 is 16.0 Å². The predicted octanol–water partition coefficient (Wildman–Crippen LogP) is 0.930. The molecule has 1 saturated carbocycles. The van der Waals surface area contributed by atoms with E-state index < -0.39 is 12.1 Å². The molecule has 1 fully saturated rings. The number of nitrogens with one attached hydrogen (secondary N) is 3. The first kappa shape index (κ1) is 18.3. The molecule has 0 aromatic rings. The molecule has 1 rings (SSSR count). The zero-order valence-corrected chi connectivity index (χ0v) is 13.8. The summed E-state index contributed by atoms with van der Waals surface area (Å²) in [7, 11) is 1.26. The van der Waals surface area contributed by atoms with E-state index in [1.807, 2.05) is 13.8 Å². The Kier molecular flexibility index (Phi) is 7.14. The summed E-state index contributed by atoms with van der Waals surface area (Å²) in [6.45, 7) is 5.18. The molecule has 0 aliphatic heterocycles. The Labute approximate surface area is 131 Å². The van der Waals surface area contributed by atoms with Crippen LogP contribution in [0.1, 0.15) is 46.5 Å². The van der Waals surface area contributed by atoms with Gasteiger partial charge in [-0.15, -0.1) is 0 Å². The van der Waals surface area contributed by atoms with E-state index in [1.54, 1.807) is 0 Å². The van der Waals surface area contributed by atoms with Crippen molar-refractivity contribution in [1.29, 1.82) is 0 Å². The summed E-state index contributed by atoms with van der Waals surface area (Å²) in [5.74, 6) is -0.413. The Morgan fingerprint density at radius 2 is 1.59 bits per heavy atom. The van der Waals surface area contributed by atoms with Crippen molar-refractivity contribution in [2.45, 2.75) is 64.6 Å². The van der Waals surface area contributed by atoms with E-state index in [2.05, 4.69) is 20.7 Å². The van der Waals surface area contributed by atoms with Crippen molar-refractivity contribution in [3.05, 3.63) is 0 Å². The van der Waals surface area contributed by atoms with Crippen LogP contribution in [0.5, 0.6) is 0 Å². The standard InChI is InChI=1S/C15H27N3O4/c1-9(2)13(18-15(21)22-4)14(20)17-12-8-6-5-7-11(12)16-10(3)19/h9,11-13H,5-8H2,1-4H3,(H,16,19)(H,17,20)(H,18,21)/t11-,12-,13-/m0/s1. The van der Waals surface area contributed by atoms with E-state index in [0.29, 0.717) is 0 Å². The second-order valence-corrected chi connectivity index (χ2v) is 6.06. The van der Waals surface area contributed by atoms with Gasteiger partial charge in [-0.1, -0.05) is 26.7 Å². The van der Waals surface area contributed by atoms with Crippen molar-refractivity contribution < 1.29 is 19.1 Å². The van der Waals surface area contributed by atoms with E-state index in [-0.39, 0.29) is 29.8 Å². The fourth-order valence-corrected chi connectivity index (χ4v) is 2.73. The fraction of sp³-hybridized carbons (Fsp3) is 0.800. The molecule has 7 heteroatoms. The summed E-state index contributed by atoms with van der Waals surface area (Å²) in [6, 6.07) is -0.820. The molecule has 3 atom stereocenters. The Morgan fingerprint density at radius 1 is 1.05 bits per heavy atom. The van der Waals surface area contributed by atoms with Crippen LogP contribution in [0, 0.1) is 5.92 Å². The molecular formula is C15H27N3O4. The predicted molar refractivity (Wildman–Crippen MR) is 82.2 cm³/mol. The summed E-state index contributed by atoms with van der Waals surface area (Å²) in [6.07, 6.45) is 3.08.